The van der Waals surface area contributed by atoms with Gasteiger partial charge in [-0.05, 0) is 66.8 Å². The molecule has 0 spiro atoms. The van der Waals surface area contributed by atoms with E-state index in [1.807, 2.05) is 47.9 Å². The first-order valence-electron chi connectivity index (χ1n) is 9.70. The lowest BCUT2D eigenvalue weighted by molar-refractivity contribution is -0.117. The van der Waals surface area contributed by atoms with E-state index in [0.717, 1.165) is 23.2 Å². The van der Waals surface area contributed by atoms with Crippen LogP contribution in [0.3, 0.4) is 0 Å². The maximum Gasteiger partial charge on any atom is 0.229 e. The quantitative estimate of drug-likeness (QED) is 0.525. The molecule has 0 bridgehead atoms. The largest absolute Gasteiger partial charge is 0.310 e. The minimum absolute atomic E-state index is 0.00964. The van der Waals surface area contributed by atoms with Gasteiger partial charge in [0.25, 0.3) is 0 Å². The molecule has 5 heteroatoms. The van der Waals surface area contributed by atoms with Crippen LogP contribution in [0, 0.1) is 18.7 Å². The lowest BCUT2D eigenvalue weighted by atomic mass is 10.1. The number of imidazole rings is 1. The Morgan fingerprint density at radius 1 is 1.10 bits per heavy atom. The van der Waals surface area contributed by atoms with Gasteiger partial charge in [-0.15, -0.1) is 0 Å². The second-order valence-corrected chi connectivity index (χ2v) is 7.60. The van der Waals surface area contributed by atoms with Gasteiger partial charge in [0.2, 0.25) is 5.91 Å². The van der Waals surface area contributed by atoms with Gasteiger partial charge in [0, 0.05) is 17.7 Å². The van der Waals surface area contributed by atoms with Gasteiger partial charge in [-0.3, -0.25) is 9.20 Å². The summed E-state index contributed by atoms with van der Waals surface area (Å²) < 4.78 is 15.3. The van der Waals surface area contributed by atoms with Gasteiger partial charge in [-0.1, -0.05) is 30.3 Å². The van der Waals surface area contributed by atoms with E-state index in [4.69, 9.17) is 4.98 Å². The highest BCUT2D eigenvalue weighted by Gasteiger charge is 2.44. The Bertz CT molecular complexity index is 1200. The van der Waals surface area contributed by atoms with Crippen molar-refractivity contribution < 1.29 is 9.18 Å². The van der Waals surface area contributed by atoms with Crippen LogP contribution in [-0.2, 0) is 4.79 Å². The molecule has 0 unspecified atom stereocenters. The predicted octanol–water partition coefficient (Wildman–Crippen LogP) is 5.19. The molecule has 144 valence electrons. The van der Waals surface area contributed by atoms with Crippen LogP contribution in [-0.4, -0.2) is 15.3 Å². The second-order valence-electron chi connectivity index (χ2n) is 7.60. The second kappa shape index (κ2) is 6.85. The number of carbonyl (C=O) groups is 1. The van der Waals surface area contributed by atoms with Gasteiger partial charge in [-0.25, -0.2) is 9.37 Å². The van der Waals surface area contributed by atoms with Crippen molar-refractivity contribution in [3.05, 3.63) is 89.9 Å². The van der Waals surface area contributed by atoms with Crippen molar-refractivity contribution in [1.82, 2.24) is 9.38 Å². The molecule has 2 heterocycles. The number of halogens is 1. The summed E-state index contributed by atoms with van der Waals surface area (Å²) in [5.41, 5.74) is 4.42. The van der Waals surface area contributed by atoms with Crippen LogP contribution in [0.25, 0.3) is 16.9 Å². The maximum atomic E-state index is 13.4. The number of nitrogens with zero attached hydrogens (tertiary/aromatic N) is 2. The highest BCUT2D eigenvalue weighted by atomic mass is 19.1. The molecule has 2 atom stereocenters. The number of aromatic nitrogens is 2. The Kier molecular flexibility index (Phi) is 4.16. The van der Waals surface area contributed by atoms with Gasteiger partial charge in [0.05, 0.1) is 0 Å². The highest BCUT2D eigenvalue weighted by Crippen LogP contribution is 2.48. The third-order valence-electron chi connectivity index (χ3n) is 5.50. The predicted molar refractivity (Wildman–Crippen MR) is 111 cm³/mol. The van der Waals surface area contributed by atoms with Crippen molar-refractivity contribution in [2.24, 2.45) is 5.92 Å². The fraction of sp³-hybridized carbons (Fsp3) is 0.167. The van der Waals surface area contributed by atoms with Crippen LogP contribution < -0.4 is 5.32 Å². The Balaban J connectivity index is 1.49. The zero-order chi connectivity index (χ0) is 20.0. The number of amides is 1. The first kappa shape index (κ1) is 17.6. The molecule has 29 heavy (non-hydrogen) atoms. The fourth-order valence-corrected chi connectivity index (χ4v) is 3.84. The van der Waals surface area contributed by atoms with Crippen molar-refractivity contribution in [1.29, 1.82) is 0 Å². The highest BCUT2D eigenvalue weighted by molar-refractivity contribution is 5.98. The molecule has 0 radical (unpaired) electrons. The number of aryl methyl sites for hydroxylation is 1. The summed E-state index contributed by atoms with van der Waals surface area (Å²) in [7, 11) is 0. The number of benzene rings is 2. The molecule has 0 saturated heterocycles. The van der Waals surface area contributed by atoms with Crippen molar-refractivity contribution in [3.63, 3.8) is 0 Å². The minimum Gasteiger partial charge on any atom is -0.310 e. The van der Waals surface area contributed by atoms with Crippen molar-refractivity contribution in [2.45, 2.75) is 19.3 Å². The van der Waals surface area contributed by atoms with Crippen molar-refractivity contribution in [2.75, 3.05) is 5.32 Å². The Hall–Kier alpha value is -3.47. The van der Waals surface area contributed by atoms with E-state index in [1.54, 1.807) is 12.1 Å². The Labute approximate surface area is 168 Å². The number of pyridine rings is 1. The third-order valence-corrected chi connectivity index (χ3v) is 5.50. The van der Waals surface area contributed by atoms with Crippen LogP contribution in [0.5, 0.6) is 0 Å². The van der Waals surface area contributed by atoms with Gasteiger partial charge in [0.15, 0.2) is 0 Å². The first-order valence-corrected chi connectivity index (χ1v) is 9.70. The van der Waals surface area contributed by atoms with Crippen LogP contribution in [0.15, 0.2) is 72.9 Å². The Morgan fingerprint density at radius 2 is 1.86 bits per heavy atom. The molecule has 2 aromatic heterocycles. The van der Waals surface area contributed by atoms with Crippen LogP contribution >= 0.6 is 0 Å². The number of anilines is 1. The number of fused-ring (bicyclic) bond motifs is 1. The first-order chi connectivity index (χ1) is 14.1. The number of hydrogen-bond acceptors (Lipinski definition) is 2. The molecule has 1 N–H and O–H groups in total. The van der Waals surface area contributed by atoms with E-state index in [9.17, 15) is 9.18 Å². The number of nitrogens with one attached hydrogen (secondary N) is 1. The molecule has 1 fully saturated rings. The molecule has 4 nitrogen and oxygen atoms in total. The average molecular weight is 385 g/mol. The lowest BCUT2D eigenvalue weighted by Gasteiger charge is -2.08. The van der Waals surface area contributed by atoms with E-state index >= 15 is 0 Å². The molecule has 1 aliphatic carbocycles. The summed E-state index contributed by atoms with van der Waals surface area (Å²) in [6.07, 6.45) is 2.75. The molecular formula is C24H20FN3O. The normalized spacial score (nSPS) is 18.0. The molecule has 1 saturated carbocycles. The van der Waals surface area contributed by atoms with Gasteiger partial charge in [-0.2, -0.15) is 0 Å². The molecule has 5 rings (SSSR count). The molecule has 1 amide bonds. The molecule has 1 aliphatic rings. The van der Waals surface area contributed by atoms with E-state index < -0.39 is 0 Å². The van der Waals surface area contributed by atoms with E-state index in [2.05, 4.69) is 17.4 Å². The number of hydrogen-bond donors (Lipinski definition) is 1. The molecular weight excluding hydrogens is 365 g/mol. The van der Waals surface area contributed by atoms with Gasteiger partial charge in [0.1, 0.15) is 23.0 Å². The lowest BCUT2D eigenvalue weighted by Crippen LogP contribution is -2.16. The third kappa shape index (κ3) is 3.29. The molecule has 0 aliphatic heterocycles. The summed E-state index contributed by atoms with van der Waals surface area (Å²) in [6.45, 7) is 2.00. The Morgan fingerprint density at radius 3 is 2.62 bits per heavy atom. The van der Waals surface area contributed by atoms with Crippen molar-refractivity contribution in [3.8, 4) is 11.3 Å². The summed E-state index contributed by atoms with van der Waals surface area (Å²) in [5.74, 6) is 0.518. The van der Waals surface area contributed by atoms with Gasteiger partial charge >= 0.3 is 0 Å². The topological polar surface area (TPSA) is 46.4 Å². The van der Waals surface area contributed by atoms with Crippen LogP contribution in [0.4, 0.5) is 10.2 Å². The van der Waals surface area contributed by atoms with E-state index in [0.29, 0.717) is 11.5 Å². The smallest absolute Gasteiger partial charge is 0.229 e. The average Bonchev–Trinajstić information content (AvgIpc) is 3.47. The summed E-state index contributed by atoms with van der Waals surface area (Å²) in [5, 5.41) is 3.10. The molecule has 4 aromatic rings. The van der Waals surface area contributed by atoms with Crippen molar-refractivity contribution >= 4 is 17.4 Å². The summed E-state index contributed by atoms with van der Waals surface area (Å²) >= 11 is 0. The van der Waals surface area contributed by atoms with E-state index in [-0.39, 0.29) is 23.6 Å². The number of carbonyl (C=O) groups excluding carboxylic acids is 1. The van der Waals surface area contributed by atoms with E-state index in [1.165, 1.54) is 17.7 Å². The van der Waals surface area contributed by atoms with Crippen LogP contribution in [0.1, 0.15) is 23.5 Å². The zero-order valence-corrected chi connectivity index (χ0v) is 16.0. The molecule has 2 aromatic carbocycles. The number of rotatable bonds is 4. The zero-order valence-electron chi connectivity index (χ0n) is 16.0. The minimum atomic E-state index is -0.303. The van der Waals surface area contributed by atoms with Gasteiger partial charge < -0.3 is 5.32 Å². The monoisotopic (exact) mass is 385 g/mol. The SMILES string of the molecule is Cc1ccn2c(NC(=O)[C@@H]3C[C@H]3c3ccccc3)c(-c3ccc(F)cc3)nc2c1. The summed E-state index contributed by atoms with van der Waals surface area (Å²) in [6, 6.07) is 20.2. The summed E-state index contributed by atoms with van der Waals surface area (Å²) in [4.78, 5) is 17.7. The fourth-order valence-electron chi connectivity index (χ4n) is 3.84. The maximum absolute atomic E-state index is 13.4. The van der Waals surface area contributed by atoms with Crippen LogP contribution in [0.2, 0.25) is 0 Å². The standard InChI is InChI=1S/C24H20FN3O/c1-15-11-12-28-21(13-15)26-22(17-7-9-18(25)10-8-17)23(28)27-24(29)20-14-19(20)16-5-3-2-4-6-16/h2-13,19-20H,14H2,1H3,(H,27,29)/t19-,20+/m0/s1.